The lowest BCUT2D eigenvalue weighted by Gasteiger charge is -2.28. The Kier molecular flexibility index (Phi) is 3.72. The van der Waals surface area contributed by atoms with Crippen molar-refractivity contribution in [3.63, 3.8) is 0 Å². The van der Waals surface area contributed by atoms with Crippen LogP contribution in [0.2, 0.25) is 19.6 Å². The third-order valence-electron chi connectivity index (χ3n) is 2.35. The van der Waals surface area contributed by atoms with Gasteiger partial charge in [-0.05, 0) is 44.9 Å². The molecule has 14 heavy (non-hydrogen) atoms. The molecule has 0 spiro atoms. The first kappa shape index (κ1) is 11.7. The van der Waals surface area contributed by atoms with Crippen LogP contribution in [0.5, 0.6) is 0 Å². The summed E-state index contributed by atoms with van der Waals surface area (Å²) in [6.07, 6.45) is 2.04. The maximum atomic E-state index is 11.7. The maximum absolute atomic E-state index is 11.7. The number of carbonyl (C=O) groups excluding carboxylic acids is 1. The Morgan fingerprint density at radius 2 is 2.00 bits per heavy atom. The maximum Gasteiger partial charge on any atom is 0.309 e. The molecule has 0 radical (unpaired) electrons. The van der Waals surface area contributed by atoms with Gasteiger partial charge in [-0.3, -0.25) is 4.79 Å². The second kappa shape index (κ2) is 4.44. The molecule has 4 heteroatoms. The van der Waals surface area contributed by atoms with Gasteiger partial charge in [-0.1, -0.05) is 6.92 Å². The molecule has 1 aliphatic heterocycles. The Balaban J connectivity index is 2.38. The average Bonchev–Trinajstić information content (AvgIpc) is 2.02. The highest BCUT2D eigenvalue weighted by atomic mass is 28.4. The molecule has 1 N–H and O–H groups in total. The summed E-state index contributed by atoms with van der Waals surface area (Å²) in [6, 6.07) is -0.0575. The molecule has 1 saturated heterocycles. The monoisotopic (exact) mass is 215 g/mol. The zero-order valence-electron chi connectivity index (χ0n) is 9.59. The second-order valence-electron chi connectivity index (χ2n) is 5.18. The Hall–Kier alpha value is -0.353. The quantitative estimate of drug-likeness (QED) is 0.713. The number of rotatable bonds is 2. The first-order valence-corrected chi connectivity index (χ1v) is 8.75. The minimum absolute atomic E-state index is 0.0453. The van der Waals surface area contributed by atoms with Gasteiger partial charge in [0.05, 0.1) is 0 Å². The molecule has 0 bridgehead atoms. The van der Waals surface area contributed by atoms with Crippen LogP contribution in [-0.4, -0.2) is 26.9 Å². The SMILES string of the molecule is C[C@H]1CC[C@H](C(=O)O[Si](C)(C)C)NC1. The van der Waals surface area contributed by atoms with Crippen LogP contribution in [0.3, 0.4) is 0 Å². The lowest BCUT2D eigenvalue weighted by molar-refractivity contribution is -0.138. The molecule has 0 unspecified atom stereocenters. The number of hydrogen-bond acceptors (Lipinski definition) is 3. The zero-order valence-corrected chi connectivity index (χ0v) is 10.6. The van der Waals surface area contributed by atoms with Crippen molar-refractivity contribution in [1.29, 1.82) is 0 Å². The number of carbonyl (C=O) groups is 1. The van der Waals surface area contributed by atoms with Gasteiger partial charge < -0.3 is 9.74 Å². The summed E-state index contributed by atoms with van der Waals surface area (Å²) < 4.78 is 5.45. The van der Waals surface area contributed by atoms with Crippen molar-refractivity contribution >= 4 is 14.3 Å². The van der Waals surface area contributed by atoms with E-state index in [1.165, 1.54) is 0 Å². The molecule has 0 aromatic rings. The van der Waals surface area contributed by atoms with Gasteiger partial charge in [0.2, 0.25) is 8.32 Å². The molecule has 0 aromatic heterocycles. The molecule has 1 fully saturated rings. The van der Waals surface area contributed by atoms with Crippen molar-refractivity contribution in [1.82, 2.24) is 5.32 Å². The van der Waals surface area contributed by atoms with E-state index in [4.69, 9.17) is 4.43 Å². The molecule has 1 aliphatic rings. The molecule has 1 heterocycles. The van der Waals surface area contributed by atoms with Gasteiger partial charge in [-0.2, -0.15) is 0 Å². The van der Waals surface area contributed by atoms with Crippen LogP contribution in [0.15, 0.2) is 0 Å². The summed E-state index contributed by atoms with van der Waals surface area (Å²) in [5, 5.41) is 3.24. The summed E-state index contributed by atoms with van der Waals surface area (Å²) in [6.45, 7) is 9.25. The van der Waals surface area contributed by atoms with Gasteiger partial charge in [0.1, 0.15) is 6.04 Å². The van der Waals surface area contributed by atoms with Crippen LogP contribution in [0, 0.1) is 5.92 Å². The molecular formula is C10H21NO2Si. The first-order chi connectivity index (χ1) is 6.38. The van der Waals surface area contributed by atoms with E-state index in [9.17, 15) is 4.79 Å². The summed E-state index contributed by atoms with van der Waals surface area (Å²) in [5.74, 6) is 0.641. The van der Waals surface area contributed by atoms with Gasteiger partial charge in [-0.15, -0.1) is 0 Å². The number of piperidine rings is 1. The van der Waals surface area contributed by atoms with Crippen molar-refractivity contribution in [2.24, 2.45) is 5.92 Å². The van der Waals surface area contributed by atoms with Crippen LogP contribution in [0.25, 0.3) is 0 Å². The van der Waals surface area contributed by atoms with Crippen molar-refractivity contribution in [3.05, 3.63) is 0 Å². The normalized spacial score (nSPS) is 28.6. The summed E-state index contributed by atoms with van der Waals surface area (Å²) in [4.78, 5) is 11.7. The summed E-state index contributed by atoms with van der Waals surface area (Å²) in [5.41, 5.74) is 0. The van der Waals surface area contributed by atoms with E-state index in [1.807, 2.05) is 19.6 Å². The summed E-state index contributed by atoms with van der Waals surface area (Å²) in [7, 11) is -1.71. The van der Waals surface area contributed by atoms with Gasteiger partial charge in [0.15, 0.2) is 0 Å². The average molecular weight is 215 g/mol. The van der Waals surface area contributed by atoms with Gasteiger partial charge in [-0.25, -0.2) is 0 Å². The molecule has 2 atom stereocenters. The minimum Gasteiger partial charge on any atom is -0.519 e. The smallest absolute Gasteiger partial charge is 0.309 e. The van der Waals surface area contributed by atoms with Crippen molar-refractivity contribution in [2.45, 2.75) is 45.4 Å². The fraction of sp³-hybridized carbons (Fsp3) is 0.900. The zero-order chi connectivity index (χ0) is 10.8. The fourth-order valence-electron chi connectivity index (χ4n) is 1.57. The molecule has 1 rings (SSSR count). The molecule has 82 valence electrons. The van der Waals surface area contributed by atoms with Crippen LogP contribution in [0.4, 0.5) is 0 Å². The number of hydrogen-bond donors (Lipinski definition) is 1. The van der Waals surface area contributed by atoms with E-state index in [0.29, 0.717) is 5.92 Å². The highest BCUT2D eigenvalue weighted by Crippen LogP contribution is 2.15. The Bertz CT molecular complexity index is 205. The van der Waals surface area contributed by atoms with Crippen molar-refractivity contribution in [3.8, 4) is 0 Å². The fourth-order valence-corrected chi connectivity index (χ4v) is 2.32. The van der Waals surface area contributed by atoms with Crippen LogP contribution >= 0.6 is 0 Å². The second-order valence-corrected chi connectivity index (χ2v) is 9.61. The molecule has 0 aliphatic carbocycles. The highest BCUT2D eigenvalue weighted by molar-refractivity contribution is 6.71. The predicted octanol–water partition coefficient (Wildman–Crippen LogP) is 1.75. The molecular weight excluding hydrogens is 194 g/mol. The van der Waals surface area contributed by atoms with E-state index in [0.717, 1.165) is 19.4 Å². The van der Waals surface area contributed by atoms with Crippen molar-refractivity contribution < 1.29 is 9.22 Å². The lowest BCUT2D eigenvalue weighted by Crippen LogP contribution is -2.47. The van der Waals surface area contributed by atoms with E-state index >= 15 is 0 Å². The third kappa shape index (κ3) is 3.80. The topological polar surface area (TPSA) is 38.3 Å². The standard InChI is InChI=1S/C10H21NO2Si/c1-8-5-6-9(11-7-8)10(12)13-14(2,3)4/h8-9,11H,5-7H2,1-4H3/t8-,9+/m0/s1. The van der Waals surface area contributed by atoms with Crippen LogP contribution in [0.1, 0.15) is 19.8 Å². The summed E-state index contributed by atoms with van der Waals surface area (Å²) >= 11 is 0. The van der Waals surface area contributed by atoms with E-state index in [2.05, 4.69) is 12.2 Å². The molecule has 3 nitrogen and oxygen atoms in total. The van der Waals surface area contributed by atoms with Gasteiger partial charge in [0.25, 0.3) is 0 Å². The number of nitrogens with one attached hydrogen (secondary N) is 1. The van der Waals surface area contributed by atoms with Crippen LogP contribution in [-0.2, 0) is 9.22 Å². The Morgan fingerprint density at radius 1 is 1.36 bits per heavy atom. The lowest BCUT2D eigenvalue weighted by atomic mass is 9.97. The largest absolute Gasteiger partial charge is 0.519 e. The van der Waals surface area contributed by atoms with Gasteiger partial charge in [0, 0.05) is 0 Å². The molecule has 0 aromatic carbocycles. The first-order valence-electron chi connectivity index (χ1n) is 5.35. The predicted molar refractivity (Wildman–Crippen MR) is 59.6 cm³/mol. The molecule has 0 amide bonds. The van der Waals surface area contributed by atoms with E-state index in [-0.39, 0.29) is 12.0 Å². The Labute approximate surface area is 87.3 Å². The minimum atomic E-state index is -1.71. The third-order valence-corrected chi connectivity index (χ3v) is 3.17. The van der Waals surface area contributed by atoms with Crippen LogP contribution < -0.4 is 5.32 Å². The molecule has 0 saturated carbocycles. The highest BCUT2D eigenvalue weighted by Gasteiger charge is 2.28. The van der Waals surface area contributed by atoms with E-state index < -0.39 is 8.32 Å². The Morgan fingerprint density at radius 3 is 2.43 bits per heavy atom. The van der Waals surface area contributed by atoms with E-state index in [1.54, 1.807) is 0 Å². The van der Waals surface area contributed by atoms with Gasteiger partial charge >= 0.3 is 5.97 Å². The van der Waals surface area contributed by atoms with Crippen molar-refractivity contribution in [2.75, 3.05) is 6.54 Å².